The van der Waals surface area contributed by atoms with E-state index in [2.05, 4.69) is 26.1 Å². The van der Waals surface area contributed by atoms with Gasteiger partial charge in [0.2, 0.25) is 0 Å². The van der Waals surface area contributed by atoms with Crippen molar-refractivity contribution >= 4 is 28.2 Å². The van der Waals surface area contributed by atoms with Crippen LogP contribution in [0.1, 0.15) is 54.0 Å². The summed E-state index contributed by atoms with van der Waals surface area (Å²) < 4.78 is 5.43. The average Bonchev–Trinajstić information content (AvgIpc) is 3.12. The van der Waals surface area contributed by atoms with Crippen molar-refractivity contribution in [1.29, 1.82) is 0 Å². The maximum Gasteiger partial charge on any atom is 0.256 e. The minimum Gasteiger partial charge on any atom is -0.545 e. The molecule has 0 radical (unpaired) electrons. The van der Waals surface area contributed by atoms with Crippen LogP contribution in [0.15, 0.2) is 53.9 Å². The summed E-state index contributed by atoms with van der Waals surface area (Å²) in [4.78, 5) is 24.5. The van der Waals surface area contributed by atoms with Crippen molar-refractivity contribution in [2.24, 2.45) is 0 Å². The Morgan fingerprint density at radius 3 is 2.20 bits per heavy atom. The van der Waals surface area contributed by atoms with Gasteiger partial charge in [-0.05, 0) is 47.7 Å². The molecule has 0 saturated heterocycles. The van der Waals surface area contributed by atoms with Crippen LogP contribution in [-0.4, -0.2) is 18.5 Å². The minimum atomic E-state index is -1.33. The highest BCUT2D eigenvalue weighted by atomic mass is 32.1. The Morgan fingerprint density at radius 2 is 1.67 bits per heavy atom. The van der Waals surface area contributed by atoms with Gasteiger partial charge in [-0.2, -0.15) is 0 Å². The number of amides is 1. The fourth-order valence-corrected chi connectivity index (χ4v) is 4.01. The lowest BCUT2D eigenvalue weighted by molar-refractivity contribution is -0.254. The number of hydrogen-bond donors (Lipinski definition) is 1. The molecule has 1 heterocycles. The standard InChI is InChI=1S/C24H25NO4S/c1-5-29-18-12-8-15(9-13-18)19-14-30-22(20(19)23(27)28)25-21(26)16-6-10-17(11-7-16)24(2,3)4/h6-14H,5H2,1-4H3,(H,25,26)(H,27,28)/p-1. The van der Waals surface area contributed by atoms with E-state index < -0.39 is 5.97 Å². The van der Waals surface area contributed by atoms with E-state index in [0.717, 1.165) is 16.9 Å². The quantitative estimate of drug-likeness (QED) is 0.623. The zero-order chi connectivity index (χ0) is 21.9. The Labute approximate surface area is 180 Å². The van der Waals surface area contributed by atoms with Gasteiger partial charge in [0.05, 0.1) is 12.6 Å². The fraction of sp³-hybridized carbons (Fsp3) is 0.250. The van der Waals surface area contributed by atoms with Crippen LogP contribution in [-0.2, 0) is 5.41 Å². The van der Waals surface area contributed by atoms with E-state index in [4.69, 9.17) is 4.74 Å². The van der Waals surface area contributed by atoms with Crippen LogP contribution in [0.4, 0.5) is 5.00 Å². The number of carboxylic acid groups (broad SMARTS) is 1. The first-order valence-corrected chi connectivity index (χ1v) is 10.6. The van der Waals surface area contributed by atoms with Gasteiger partial charge < -0.3 is 20.0 Å². The molecule has 3 aromatic rings. The van der Waals surface area contributed by atoms with Crippen LogP contribution in [0, 0.1) is 0 Å². The van der Waals surface area contributed by atoms with Gasteiger partial charge in [-0.15, -0.1) is 11.3 Å². The fourth-order valence-electron chi connectivity index (χ4n) is 3.06. The lowest BCUT2D eigenvalue weighted by atomic mass is 9.87. The van der Waals surface area contributed by atoms with Crippen LogP contribution in [0.5, 0.6) is 5.75 Å². The highest BCUT2D eigenvalue weighted by molar-refractivity contribution is 7.15. The zero-order valence-corrected chi connectivity index (χ0v) is 18.3. The van der Waals surface area contributed by atoms with E-state index in [1.54, 1.807) is 41.8 Å². The van der Waals surface area contributed by atoms with Gasteiger partial charge in [-0.1, -0.05) is 45.0 Å². The summed E-state index contributed by atoms with van der Waals surface area (Å²) in [5, 5.41) is 16.5. The number of hydrogen-bond acceptors (Lipinski definition) is 5. The number of rotatable bonds is 6. The molecule has 2 aromatic carbocycles. The number of thiophene rings is 1. The number of ether oxygens (including phenoxy) is 1. The van der Waals surface area contributed by atoms with E-state index in [0.29, 0.717) is 29.0 Å². The Bertz CT molecular complexity index is 1040. The van der Waals surface area contributed by atoms with Crippen molar-refractivity contribution in [2.45, 2.75) is 33.1 Å². The monoisotopic (exact) mass is 422 g/mol. The molecule has 0 saturated carbocycles. The molecule has 3 rings (SSSR count). The first-order valence-electron chi connectivity index (χ1n) is 9.68. The number of aromatic carboxylic acids is 1. The predicted octanol–water partition coefficient (Wildman–Crippen LogP) is 4.73. The third-order valence-corrected chi connectivity index (χ3v) is 5.61. The predicted molar refractivity (Wildman–Crippen MR) is 118 cm³/mol. The van der Waals surface area contributed by atoms with E-state index >= 15 is 0 Å². The van der Waals surface area contributed by atoms with Gasteiger partial charge in [0.1, 0.15) is 10.8 Å². The summed E-state index contributed by atoms with van der Waals surface area (Å²) >= 11 is 1.16. The molecule has 0 unspecified atom stereocenters. The molecule has 156 valence electrons. The van der Waals surface area contributed by atoms with Crippen LogP contribution >= 0.6 is 11.3 Å². The maximum absolute atomic E-state index is 12.7. The Kier molecular flexibility index (Phi) is 6.27. The summed E-state index contributed by atoms with van der Waals surface area (Å²) in [5.74, 6) is -0.990. The van der Waals surface area contributed by atoms with Crippen molar-refractivity contribution in [3.63, 3.8) is 0 Å². The summed E-state index contributed by atoms with van der Waals surface area (Å²) in [6.07, 6.45) is 0. The highest BCUT2D eigenvalue weighted by Gasteiger charge is 2.18. The van der Waals surface area contributed by atoms with Gasteiger partial charge in [0.25, 0.3) is 5.91 Å². The van der Waals surface area contributed by atoms with Crippen LogP contribution in [0.25, 0.3) is 11.1 Å². The van der Waals surface area contributed by atoms with Gasteiger partial charge in [-0.25, -0.2) is 0 Å². The molecule has 0 spiro atoms. The Morgan fingerprint density at radius 1 is 1.03 bits per heavy atom. The Balaban J connectivity index is 1.86. The second kappa shape index (κ2) is 8.71. The number of nitrogens with one attached hydrogen (secondary N) is 1. The molecule has 1 N–H and O–H groups in total. The first-order chi connectivity index (χ1) is 14.2. The smallest absolute Gasteiger partial charge is 0.256 e. The van der Waals surface area contributed by atoms with E-state index in [9.17, 15) is 14.7 Å². The van der Waals surface area contributed by atoms with Gasteiger partial charge >= 0.3 is 0 Å². The van der Waals surface area contributed by atoms with E-state index in [1.807, 2.05) is 19.1 Å². The molecule has 0 fully saturated rings. The van der Waals surface area contributed by atoms with Gasteiger partial charge in [0.15, 0.2) is 0 Å². The second-order valence-corrected chi connectivity index (χ2v) is 8.76. The average molecular weight is 423 g/mol. The minimum absolute atomic E-state index is 0.0163. The summed E-state index contributed by atoms with van der Waals surface area (Å²) in [7, 11) is 0. The SMILES string of the molecule is CCOc1ccc(-c2csc(NC(=O)c3ccc(C(C)(C)C)cc3)c2C(=O)[O-])cc1. The summed E-state index contributed by atoms with van der Waals surface area (Å²) in [6.45, 7) is 8.74. The third-order valence-electron chi connectivity index (χ3n) is 4.71. The number of benzene rings is 2. The molecule has 0 aliphatic heterocycles. The molecule has 1 amide bonds. The largest absolute Gasteiger partial charge is 0.545 e. The lowest BCUT2D eigenvalue weighted by Crippen LogP contribution is -2.24. The molecular formula is C24H24NO4S-. The summed E-state index contributed by atoms with van der Waals surface area (Å²) in [5.41, 5.74) is 2.75. The van der Waals surface area contributed by atoms with Gasteiger partial charge in [0, 0.05) is 22.1 Å². The molecular weight excluding hydrogens is 398 g/mol. The normalized spacial score (nSPS) is 11.2. The number of carbonyl (C=O) groups is 2. The Hall–Kier alpha value is -3.12. The number of carboxylic acids is 1. The second-order valence-electron chi connectivity index (χ2n) is 7.88. The molecule has 0 aliphatic rings. The molecule has 1 aromatic heterocycles. The van der Waals surface area contributed by atoms with Crippen molar-refractivity contribution in [3.05, 3.63) is 70.6 Å². The topological polar surface area (TPSA) is 78.5 Å². The number of carbonyl (C=O) groups excluding carboxylic acids is 2. The zero-order valence-electron chi connectivity index (χ0n) is 17.4. The molecule has 0 aliphatic carbocycles. The first kappa shape index (κ1) is 21.6. The van der Waals surface area contributed by atoms with Crippen LogP contribution in [0.3, 0.4) is 0 Å². The third kappa shape index (κ3) is 4.71. The van der Waals surface area contributed by atoms with Crippen LogP contribution in [0.2, 0.25) is 0 Å². The molecule has 30 heavy (non-hydrogen) atoms. The number of anilines is 1. The van der Waals surface area contributed by atoms with E-state index in [1.165, 1.54) is 0 Å². The van der Waals surface area contributed by atoms with Crippen molar-refractivity contribution in [3.8, 4) is 16.9 Å². The lowest BCUT2D eigenvalue weighted by Gasteiger charge is -2.19. The maximum atomic E-state index is 12.7. The molecule has 6 heteroatoms. The highest BCUT2D eigenvalue weighted by Crippen LogP contribution is 2.36. The van der Waals surface area contributed by atoms with Crippen molar-refractivity contribution in [1.82, 2.24) is 0 Å². The van der Waals surface area contributed by atoms with Gasteiger partial charge in [-0.3, -0.25) is 4.79 Å². The molecule has 0 atom stereocenters. The van der Waals surface area contributed by atoms with Crippen LogP contribution < -0.4 is 15.2 Å². The molecule has 5 nitrogen and oxygen atoms in total. The van der Waals surface area contributed by atoms with Crippen molar-refractivity contribution < 1.29 is 19.4 Å². The summed E-state index contributed by atoms with van der Waals surface area (Å²) in [6, 6.07) is 14.5. The van der Waals surface area contributed by atoms with E-state index in [-0.39, 0.29) is 21.9 Å². The van der Waals surface area contributed by atoms with Crippen molar-refractivity contribution in [2.75, 3.05) is 11.9 Å². The molecule has 0 bridgehead atoms.